The molecule has 2 aliphatic rings. The number of nitrogens with zero attached hydrogens (tertiary/aromatic N) is 2. The van der Waals surface area contributed by atoms with Gasteiger partial charge in [-0.3, -0.25) is 9.80 Å². The SMILES string of the molecule is COCC(C)OCC(O)CN1CCN(C2CCCC2)CC1. The van der Waals surface area contributed by atoms with Gasteiger partial charge in [0.25, 0.3) is 0 Å². The van der Waals surface area contributed by atoms with E-state index in [4.69, 9.17) is 9.47 Å². The third kappa shape index (κ3) is 5.83. The second-order valence-corrected chi connectivity index (χ2v) is 6.53. The summed E-state index contributed by atoms with van der Waals surface area (Å²) in [6, 6.07) is 0.829. The van der Waals surface area contributed by atoms with E-state index in [0.29, 0.717) is 13.2 Å². The fraction of sp³-hybridized carbons (Fsp3) is 1.00. The molecule has 0 aromatic rings. The average molecular weight is 300 g/mol. The van der Waals surface area contributed by atoms with Crippen LogP contribution in [0.2, 0.25) is 0 Å². The average Bonchev–Trinajstić information content (AvgIpc) is 3.00. The first-order valence-corrected chi connectivity index (χ1v) is 8.44. The van der Waals surface area contributed by atoms with Crippen molar-refractivity contribution in [3.63, 3.8) is 0 Å². The normalized spacial score (nSPS) is 25.3. The van der Waals surface area contributed by atoms with Crippen molar-refractivity contribution in [1.82, 2.24) is 9.80 Å². The molecule has 0 aromatic heterocycles. The molecule has 0 aromatic carbocycles. The van der Waals surface area contributed by atoms with Crippen LogP contribution in [0.3, 0.4) is 0 Å². The summed E-state index contributed by atoms with van der Waals surface area (Å²) in [5.74, 6) is 0. The molecule has 5 nitrogen and oxygen atoms in total. The summed E-state index contributed by atoms with van der Waals surface area (Å²) in [6.45, 7) is 8.11. The number of hydrogen-bond donors (Lipinski definition) is 1. The van der Waals surface area contributed by atoms with Crippen LogP contribution in [-0.4, -0.2) is 86.2 Å². The molecule has 2 fully saturated rings. The summed E-state index contributed by atoms with van der Waals surface area (Å²) in [5.41, 5.74) is 0. The molecule has 0 radical (unpaired) electrons. The van der Waals surface area contributed by atoms with Gasteiger partial charge in [0.1, 0.15) is 0 Å². The standard InChI is InChI=1S/C16H32N2O3/c1-14(12-20-2)21-13-16(19)11-17-7-9-18(10-8-17)15-5-3-4-6-15/h14-16,19H,3-13H2,1-2H3. The Morgan fingerprint density at radius 2 is 1.76 bits per heavy atom. The zero-order valence-electron chi connectivity index (χ0n) is 13.7. The van der Waals surface area contributed by atoms with Crippen LogP contribution >= 0.6 is 0 Å². The predicted octanol–water partition coefficient (Wildman–Crippen LogP) is 0.959. The van der Waals surface area contributed by atoms with Gasteiger partial charge >= 0.3 is 0 Å². The van der Waals surface area contributed by atoms with E-state index in [-0.39, 0.29) is 6.10 Å². The van der Waals surface area contributed by atoms with Gasteiger partial charge in [-0.25, -0.2) is 0 Å². The van der Waals surface area contributed by atoms with Crippen molar-refractivity contribution >= 4 is 0 Å². The lowest BCUT2D eigenvalue weighted by molar-refractivity contribution is -0.0435. The maximum atomic E-state index is 10.1. The van der Waals surface area contributed by atoms with Gasteiger partial charge < -0.3 is 14.6 Å². The number of aliphatic hydroxyl groups is 1. The van der Waals surface area contributed by atoms with E-state index >= 15 is 0 Å². The van der Waals surface area contributed by atoms with Crippen molar-refractivity contribution in [3.8, 4) is 0 Å². The summed E-state index contributed by atoms with van der Waals surface area (Å²) in [7, 11) is 1.67. The van der Waals surface area contributed by atoms with Crippen LogP contribution in [0.15, 0.2) is 0 Å². The molecular weight excluding hydrogens is 268 g/mol. The Balaban J connectivity index is 1.59. The Morgan fingerprint density at radius 3 is 2.38 bits per heavy atom. The maximum Gasteiger partial charge on any atom is 0.0900 e. The Bertz CT molecular complexity index is 277. The van der Waals surface area contributed by atoms with E-state index in [1.54, 1.807) is 7.11 Å². The number of rotatable bonds is 8. The Morgan fingerprint density at radius 1 is 1.10 bits per heavy atom. The number of aliphatic hydroxyl groups excluding tert-OH is 1. The highest BCUT2D eigenvalue weighted by Gasteiger charge is 2.26. The molecule has 0 bridgehead atoms. The molecule has 1 aliphatic carbocycles. The van der Waals surface area contributed by atoms with Gasteiger partial charge in [0.2, 0.25) is 0 Å². The lowest BCUT2D eigenvalue weighted by Gasteiger charge is -2.38. The molecule has 1 saturated heterocycles. The molecule has 1 aliphatic heterocycles. The Kier molecular flexibility index (Phi) is 7.40. The monoisotopic (exact) mass is 300 g/mol. The van der Waals surface area contributed by atoms with E-state index < -0.39 is 6.10 Å². The summed E-state index contributed by atoms with van der Waals surface area (Å²) < 4.78 is 10.6. The maximum absolute atomic E-state index is 10.1. The van der Waals surface area contributed by atoms with Crippen molar-refractivity contribution in [1.29, 1.82) is 0 Å². The van der Waals surface area contributed by atoms with Crippen LogP contribution in [0.4, 0.5) is 0 Å². The number of β-amino-alcohol motifs (C(OH)–C–C–N with tert-alkyl or cyclic N) is 1. The highest BCUT2D eigenvalue weighted by atomic mass is 16.5. The molecule has 5 heteroatoms. The number of hydrogen-bond acceptors (Lipinski definition) is 5. The molecule has 1 saturated carbocycles. The van der Waals surface area contributed by atoms with Gasteiger partial charge in [-0.2, -0.15) is 0 Å². The summed E-state index contributed by atoms with van der Waals surface area (Å²) in [6.07, 6.45) is 5.22. The number of piperazine rings is 1. The molecule has 2 unspecified atom stereocenters. The minimum absolute atomic E-state index is 0.0452. The third-order valence-corrected chi connectivity index (χ3v) is 4.69. The summed E-state index contributed by atoms with van der Waals surface area (Å²) in [4.78, 5) is 5.01. The van der Waals surface area contributed by atoms with Crippen molar-refractivity contribution in [2.45, 2.75) is 50.9 Å². The molecule has 0 amide bonds. The van der Waals surface area contributed by atoms with Crippen LogP contribution < -0.4 is 0 Å². The minimum Gasteiger partial charge on any atom is -0.389 e. The predicted molar refractivity (Wildman–Crippen MR) is 83.6 cm³/mol. The summed E-state index contributed by atoms with van der Waals surface area (Å²) in [5, 5.41) is 10.1. The molecular formula is C16H32N2O3. The molecule has 2 rings (SSSR count). The second kappa shape index (κ2) is 9.06. The van der Waals surface area contributed by atoms with Gasteiger partial charge in [0.15, 0.2) is 0 Å². The molecule has 124 valence electrons. The van der Waals surface area contributed by atoms with Gasteiger partial charge in [-0.1, -0.05) is 12.8 Å². The fourth-order valence-corrected chi connectivity index (χ4v) is 3.49. The first-order chi connectivity index (χ1) is 10.2. The number of methoxy groups -OCH3 is 1. The van der Waals surface area contributed by atoms with E-state index in [2.05, 4.69) is 9.80 Å². The van der Waals surface area contributed by atoms with Crippen LogP contribution in [-0.2, 0) is 9.47 Å². The quantitative estimate of drug-likeness (QED) is 0.723. The van der Waals surface area contributed by atoms with Crippen LogP contribution in [0.1, 0.15) is 32.6 Å². The van der Waals surface area contributed by atoms with Crippen molar-refractivity contribution < 1.29 is 14.6 Å². The highest BCUT2D eigenvalue weighted by molar-refractivity contribution is 4.82. The molecule has 21 heavy (non-hydrogen) atoms. The van der Waals surface area contributed by atoms with Crippen LogP contribution in [0.25, 0.3) is 0 Å². The van der Waals surface area contributed by atoms with Gasteiger partial charge in [-0.15, -0.1) is 0 Å². The van der Waals surface area contributed by atoms with E-state index in [0.717, 1.165) is 38.8 Å². The van der Waals surface area contributed by atoms with Gasteiger partial charge in [0, 0.05) is 45.9 Å². The first kappa shape index (κ1) is 17.2. The van der Waals surface area contributed by atoms with Crippen LogP contribution in [0.5, 0.6) is 0 Å². The summed E-state index contributed by atoms with van der Waals surface area (Å²) >= 11 is 0. The second-order valence-electron chi connectivity index (χ2n) is 6.53. The van der Waals surface area contributed by atoms with E-state index in [9.17, 15) is 5.11 Å². The third-order valence-electron chi connectivity index (χ3n) is 4.69. The van der Waals surface area contributed by atoms with Gasteiger partial charge in [0.05, 0.1) is 25.4 Å². The largest absolute Gasteiger partial charge is 0.389 e. The molecule has 0 spiro atoms. The van der Waals surface area contributed by atoms with Crippen molar-refractivity contribution in [2.75, 3.05) is 53.0 Å². The van der Waals surface area contributed by atoms with E-state index in [1.165, 1.54) is 25.7 Å². The highest BCUT2D eigenvalue weighted by Crippen LogP contribution is 2.24. The molecule has 1 N–H and O–H groups in total. The zero-order chi connectivity index (χ0) is 15.1. The smallest absolute Gasteiger partial charge is 0.0900 e. The Hall–Kier alpha value is -0.200. The van der Waals surface area contributed by atoms with Gasteiger partial charge in [-0.05, 0) is 19.8 Å². The fourth-order valence-electron chi connectivity index (χ4n) is 3.49. The Labute approximate surface area is 129 Å². The van der Waals surface area contributed by atoms with Crippen molar-refractivity contribution in [2.24, 2.45) is 0 Å². The first-order valence-electron chi connectivity index (χ1n) is 8.44. The lowest BCUT2D eigenvalue weighted by Crippen LogP contribution is -2.51. The molecule has 1 heterocycles. The van der Waals surface area contributed by atoms with E-state index in [1.807, 2.05) is 6.92 Å². The lowest BCUT2D eigenvalue weighted by atomic mass is 10.1. The zero-order valence-corrected chi connectivity index (χ0v) is 13.7. The number of ether oxygens (including phenoxy) is 2. The van der Waals surface area contributed by atoms with Crippen molar-refractivity contribution in [3.05, 3.63) is 0 Å². The van der Waals surface area contributed by atoms with Crippen LogP contribution in [0, 0.1) is 0 Å². The molecule has 2 atom stereocenters. The topological polar surface area (TPSA) is 45.2 Å². The minimum atomic E-state index is -0.401.